The van der Waals surface area contributed by atoms with E-state index in [4.69, 9.17) is 9.97 Å². The average Bonchev–Trinajstić information content (AvgIpc) is 3.89. The van der Waals surface area contributed by atoms with E-state index in [1.165, 1.54) is 10.8 Å². The van der Waals surface area contributed by atoms with Crippen LogP contribution < -0.4 is 0 Å². The predicted octanol–water partition coefficient (Wildman–Crippen LogP) is 14.9. The highest BCUT2D eigenvalue weighted by Gasteiger charge is 2.22. The van der Waals surface area contributed by atoms with Gasteiger partial charge in [0.25, 0.3) is 0 Å². The Kier molecular flexibility index (Phi) is 8.81. The Morgan fingerprint density at radius 2 is 0.812 bits per heavy atom. The Hall–Kier alpha value is -8.85. The maximum Gasteiger partial charge on any atom is 0.160 e. The Morgan fingerprint density at radius 1 is 0.328 bits per heavy atom. The summed E-state index contributed by atoms with van der Waals surface area (Å²) in [6, 6.07) is 81.0. The van der Waals surface area contributed by atoms with Crippen molar-refractivity contribution in [2.24, 2.45) is 0 Å². The second kappa shape index (κ2) is 15.3. The first-order valence-electron chi connectivity index (χ1n) is 21.5. The molecule has 0 unspecified atom stereocenters. The van der Waals surface area contributed by atoms with Crippen LogP contribution in [0.1, 0.15) is 5.56 Å². The van der Waals surface area contributed by atoms with E-state index in [0.717, 1.165) is 94.5 Å². The van der Waals surface area contributed by atoms with Gasteiger partial charge in [-0.1, -0.05) is 152 Å². The fourth-order valence-corrected chi connectivity index (χ4v) is 9.43. The Labute approximate surface area is 370 Å². The molecular weight excluding hydrogens is 779 g/mol. The van der Waals surface area contributed by atoms with Gasteiger partial charge in [-0.2, -0.15) is 5.26 Å². The molecule has 0 saturated carbocycles. The second-order valence-corrected chi connectivity index (χ2v) is 16.1. The van der Waals surface area contributed by atoms with E-state index >= 15 is 0 Å². The van der Waals surface area contributed by atoms with Crippen LogP contribution >= 0.6 is 0 Å². The molecule has 0 spiro atoms. The van der Waals surface area contributed by atoms with Crippen molar-refractivity contribution in [3.8, 4) is 73.6 Å². The Morgan fingerprint density at radius 3 is 1.44 bits per heavy atom. The lowest BCUT2D eigenvalue weighted by atomic mass is 9.97. The van der Waals surface area contributed by atoms with E-state index in [0.29, 0.717) is 11.4 Å². The molecule has 0 bridgehead atoms. The van der Waals surface area contributed by atoms with Crippen LogP contribution in [0.5, 0.6) is 0 Å². The SMILES string of the molecule is N#Cc1cccc(-c2ccc3c(c2)c2ccccc2n3-c2ccc(-c3nc(-c4ccccc4)cc(-c4ccccc4)n3)cc2-c2ccccc2-n2c3ccccc3c3ccccc32)c1. The molecule has 0 fully saturated rings. The van der Waals surface area contributed by atoms with Gasteiger partial charge in [-0.3, -0.25) is 0 Å². The molecule has 0 aliphatic carbocycles. The molecule has 0 aliphatic rings. The molecule has 0 saturated heterocycles. The summed E-state index contributed by atoms with van der Waals surface area (Å²) in [5, 5.41) is 14.4. The highest BCUT2D eigenvalue weighted by atomic mass is 15.0. The van der Waals surface area contributed by atoms with Crippen LogP contribution in [0.25, 0.3) is 111 Å². The lowest BCUT2D eigenvalue weighted by molar-refractivity contribution is 1.15. The molecule has 298 valence electrons. The van der Waals surface area contributed by atoms with Gasteiger partial charge in [0, 0.05) is 49.4 Å². The topological polar surface area (TPSA) is 59.4 Å². The van der Waals surface area contributed by atoms with Crippen LogP contribution in [-0.2, 0) is 0 Å². The smallest absolute Gasteiger partial charge is 0.160 e. The third kappa shape index (κ3) is 6.16. The fraction of sp³-hybridized carbons (Fsp3) is 0. The van der Waals surface area contributed by atoms with Gasteiger partial charge >= 0.3 is 0 Å². The zero-order chi connectivity index (χ0) is 42.6. The summed E-state index contributed by atoms with van der Waals surface area (Å²) in [6.45, 7) is 0. The van der Waals surface area contributed by atoms with Crippen molar-refractivity contribution in [2.75, 3.05) is 0 Å². The molecule has 0 aliphatic heterocycles. The molecule has 64 heavy (non-hydrogen) atoms. The maximum atomic E-state index is 9.72. The number of benzene rings is 9. The molecule has 0 radical (unpaired) electrons. The summed E-state index contributed by atoms with van der Waals surface area (Å²) < 4.78 is 4.81. The number of hydrogen-bond donors (Lipinski definition) is 0. The van der Waals surface area contributed by atoms with Crippen molar-refractivity contribution < 1.29 is 0 Å². The van der Waals surface area contributed by atoms with Gasteiger partial charge in [0.1, 0.15) is 0 Å². The molecule has 0 atom stereocenters. The summed E-state index contributed by atoms with van der Waals surface area (Å²) >= 11 is 0. The maximum absolute atomic E-state index is 9.72. The van der Waals surface area contributed by atoms with Crippen LogP contribution in [0.2, 0.25) is 0 Å². The lowest BCUT2D eigenvalue weighted by Crippen LogP contribution is -2.02. The van der Waals surface area contributed by atoms with E-state index < -0.39 is 0 Å². The minimum absolute atomic E-state index is 0.640. The first-order chi connectivity index (χ1) is 31.7. The first kappa shape index (κ1) is 37.0. The van der Waals surface area contributed by atoms with Crippen LogP contribution in [0.4, 0.5) is 0 Å². The number of fused-ring (bicyclic) bond motifs is 6. The average molecular weight is 816 g/mol. The highest BCUT2D eigenvalue weighted by Crippen LogP contribution is 2.43. The summed E-state index contributed by atoms with van der Waals surface area (Å²) in [5.41, 5.74) is 16.1. The largest absolute Gasteiger partial charge is 0.309 e. The molecular formula is C59H37N5. The van der Waals surface area contributed by atoms with Crippen molar-refractivity contribution >= 4 is 43.6 Å². The van der Waals surface area contributed by atoms with Gasteiger partial charge in [0.05, 0.1) is 56.5 Å². The molecule has 9 aromatic carbocycles. The quantitative estimate of drug-likeness (QED) is 0.161. The number of nitrogens with zero attached hydrogens (tertiary/aromatic N) is 5. The standard InChI is InChI=1S/C59H37N5/c60-38-39-16-15-21-42(34-39)43-30-32-57-49(35-43)47-24-9-14-29-56(47)64(57)58-33-31-44(59-61-51(40-17-3-1-4-18-40)37-52(62-59)41-19-5-2-6-20-41)36-50(58)48-25-10-13-28-55(48)63-53-26-11-7-22-45(53)46-23-8-12-27-54(46)63/h1-37H. The number of hydrogen-bond acceptors (Lipinski definition) is 3. The van der Waals surface area contributed by atoms with Crippen LogP contribution in [-0.4, -0.2) is 19.1 Å². The van der Waals surface area contributed by atoms with E-state index in [-0.39, 0.29) is 0 Å². The lowest BCUT2D eigenvalue weighted by Gasteiger charge is -2.20. The molecule has 0 N–H and O–H groups in total. The Bertz CT molecular complexity index is 3690. The molecule has 5 heteroatoms. The zero-order valence-corrected chi connectivity index (χ0v) is 34.6. The van der Waals surface area contributed by atoms with Crippen molar-refractivity contribution in [1.29, 1.82) is 5.26 Å². The number of rotatable bonds is 7. The number of aromatic nitrogens is 4. The zero-order valence-electron chi connectivity index (χ0n) is 34.6. The Balaban J connectivity index is 1.15. The molecule has 3 aromatic heterocycles. The predicted molar refractivity (Wildman–Crippen MR) is 263 cm³/mol. The van der Waals surface area contributed by atoms with E-state index in [1.807, 2.05) is 30.3 Å². The normalized spacial score (nSPS) is 11.4. The van der Waals surface area contributed by atoms with Crippen LogP contribution in [0.15, 0.2) is 224 Å². The van der Waals surface area contributed by atoms with E-state index in [1.54, 1.807) is 0 Å². The van der Waals surface area contributed by atoms with Crippen molar-refractivity contribution in [3.63, 3.8) is 0 Å². The number of nitriles is 1. The molecule has 12 aromatic rings. The third-order valence-corrected chi connectivity index (χ3v) is 12.4. The van der Waals surface area contributed by atoms with E-state index in [9.17, 15) is 5.26 Å². The summed E-state index contributed by atoms with van der Waals surface area (Å²) in [7, 11) is 0. The van der Waals surface area contributed by atoms with E-state index in [2.05, 4.69) is 209 Å². The minimum Gasteiger partial charge on any atom is -0.309 e. The van der Waals surface area contributed by atoms with Crippen molar-refractivity contribution in [2.45, 2.75) is 0 Å². The highest BCUT2D eigenvalue weighted by molar-refractivity contribution is 6.12. The second-order valence-electron chi connectivity index (χ2n) is 16.1. The van der Waals surface area contributed by atoms with Crippen LogP contribution in [0, 0.1) is 11.3 Å². The molecule has 3 heterocycles. The third-order valence-electron chi connectivity index (χ3n) is 12.4. The fourth-order valence-electron chi connectivity index (χ4n) is 9.43. The van der Waals surface area contributed by atoms with Gasteiger partial charge in [0.2, 0.25) is 0 Å². The van der Waals surface area contributed by atoms with Gasteiger partial charge in [-0.25, -0.2) is 9.97 Å². The molecule has 12 rings (SSSR count). The van der Waals surface area contributed by atoms with Crippen molar-refractivity contribution in [3.05, 3.63) is 230 Å². The molecule has 5 nitrogen and oxygen atoms in total. The van der Waals surface area contributed by atoms with Gasteiger partial charge in [-0.05, 0) is 83.9 Å². The van der Waals surface area contributed by atoms with Gasteiger partial charge in [-0.15, -0.1) is 0 Å². The minimum atomic E-state index is 0.640. The van der Waals surface area contributed by atoms with Gasteiger partial charge < -0.3 is 9.13 Å². The van der Waals surface area contributed by atoms with Crippen LogP contribution in [0.3, 0.4) is 0 Å². The van der Waals surface area contributed by atoms with Gasteiger partial charge in [0.15, 0.2) is 5.82 Å². The summed E-state index contributed by atoms with van der Waals surface area (Å²) in [4.78, 5) is 10.6. The van der Waals surface area contributed by atoms with Crippen molar-refractivity contribution in [1.82, 2.24) is 19.1 Å². The first-order valence-corrected chi connectivity index (χ1v) is 21.5. The molecule has 0 amide bonds. The summed E-state index contributed by atoms with van der Waals surface area (Å²) in [5.74, 6) is 0.647. The number of para-hydroxylation sites is 4. The summed E-state index contributed by atoms with van der Waals surface area (Å²) in [6.07, 6.45) is 0. The monoisotopic (exact) mass is 815 g/mol.